The Morgan fingerprint density at radius 1 is 1.35 bits per heavy atom. The molecule has 0 aromatic heterocycles. The van der Waals surface area contributed by atoms with Gasteiger partial charge in [0.25, 0.3) is 5.91 Å². The van der Waals surface area contributed by atoms with Crippen LogP contribution in [0.1, 0.15) is 29.6 Å². The van der Waals surface area contributed by atoms with Gasteiger partial charge in [0.05, 0.1) is 18.6 Å². The largest absolute Gasteiger partial charge is 0.469 e. The number of piperidine rings is 1. The van der Waals surface area contributed by atoms with Gasteiger partial charge in [0.2, 0.25) is 0 Å². The van der Waals surface area contributed by atoms with Crippen LogP contribution in [-0.2, 0) is 9.53 Å². The summed E-state index contributed by atoms with van der Waals surface area (Å²) >= 11 is 1.37. The van der Waals surface area contributed by atoms with Crippen LogP contribution >= 0.6 is 11.8 Å². The van der Waals surface area contributed by atoms with Crippen molar-refractivity contribution in [3.63, 3.8) is 0 Å². The van der Waals surface area contributed by atoms with Gasteiger partial charge in [-0.2, -0.15) is 0 Å². The highest BCUT2D eigenvalue weighted by Crippen LogP contribution is 2.59. The number of thioether (sulfide) groups is 1. The van der Waals surface area contributed by atoms with Crippen LogP contribution in [-0.4, -0.2) is 43.2 Å². The maximum absolute atomic E-state index is 14.1. The van der Waals surface area contributed by atoms with Crippen LogP contribution in [0.2, 0.25) is 0 Å². The molecule has 4 nitrogen and oxygen atoms in total. The average Bonchev–Trinajstić information content (AvgIpc) is 3.27. The molecule has 2 aliphatic rings. The first kappa shape index (κ1) is 16.3. The lowest BCUT2D eigenvalue weighted by atomic mass is 9.90. The van der Waals surface area contributed by atoms with Crippen LogP contribution in [0.5, 0.6) is 0 Å². The Kier molecular flexibility index (Phi) is 4.36. The first-order valence-electron chi connectivity index (χ1n) is 7.72. The van der Waals surface area contributed by atoms with Crippen molar-refractivity contribution in [1.82, 2.24) is 4.90 Å². The van der Waals surface area contributed by atoms with Crippen LogP contribution < -0.4 is 0 Å². The van der Waals surface area contributed by atoms with Crippen LogP contribution in [0.4, 0.5) is 4.39 Å². The molecule has 1 saturated carbocycles. The summed E-state index contributed by atoms with van der Waals surface area (Å²) in [7, 11) is 1.41. The van der Waals surface area contributed by atoms with Gasteiger partial charge in [-0.1, -0.05) is 6.07 Å². The summed E-state index contributed by atoms with van der Waals surface area (Å²) < 4.78 is 18.9. The zero-order valence-corrected chi connectivity index (χ0v) is 14.1. The Balaban J connectivity index is 1.69. The number of hydrogen-bond donors (Lipinski definition) is 0. The average molecular weight is 337 g/mol. The number of esters is 1. The van der Waals surface area contributed by atoms with Gasteiger partial charge in [-0.3, -0.25) is 9.59 Å². The van der Waals surface area contributed by atoms with Crippen molar-refractivity contribution in [2.24, 2.45) is 11.3 Å². The Morgan fingerprint density at radius 3 is 2.65 bits per heavy atom. The number of nitrogens with zero attached hydrogens (tertiary/aromatic N) is 1. The second-order valence-electron chi connectivity index (χ2n) is 6.25. The number of carbonyl (C=O) groups excluding carboxylic acids is 2. The van der Waals surface area contributed by atoms with E-state index < -0.39 is 5.82 Å². The third-order valence-electron chi connectivity index (χ3n) is 5.13. The molecule has 1 amide bonds. The third-order valence-corrected chi connectivity index (χ3v) is 5.91. The van der Waals surface area contributed by atoms with Crippen molar-refractivity contribution in [2.75, 3.05) is 26.5 Å². The van der Waals surface area contributed by atoms with E-state index >= 15 is 0 Å². The molecule has 6 heteroatoms. The van der Waals surface area contributed by atoms with Gasteiger partial charge in [-0.15, -0.1) is 11.8 Å². The minimum atomic E-state index is -0.471. The molecule has 124 valence electrons. The summed E-state index contributed by atoms with van der Waals surface area (Å²) in [6.07, 6.45) is 4.24. The van der Waals surface area contributed by atoms with Crippen LogP contribution in [0.25, 0.3) is 0 Å². The van der Waals surface area contributed by atoms with Crippen LogP contribution in [0.15, 0.2) is 23.1 Å². The Bertz CT molecular complexity index is 641. The molecule has 1 aromatic carbocycles. The van der Waals surface area contributed by atoms with Gasteiger partial charge in [0.1, 0.15) is 5.82 Å². The minimum absolute atomic E-state index is 0.00143. The molecule has 1 aliphatic heterocycles. The normalized spacial score (nSPS) is 22.0. The number of hydrogen-bond acceptors (Lipinski definition) is 4. The van der Waals surface area contributed by atoms with E-state index in [1.807, 2.05) is 6.26 Å². The molecular weight excluding hydrogens is 317 g/mol. The highest BCUT2D eigenvalue weighted by Gasteiger charge is 2.59. The molecule has 0 unspecified atom stereocenters. The Labute approximate surface area is 139 Å². The van der Waals surface area contributed by atoms with E-state index in [4.69, 9.17) is 4.74 Å². The van der Waals surface area contributed by atoms with E-state index in [9.17, 15) is 14.0 Å². The van der Waals surface area contributed by atoms with Gasteiger partial charge in [0, 0.05) is 18.0 Å². The van der Waals surface area contributed by atoms with Gasteiger partial charge >= 0.3 is 5.97 Å². The second-order valence-corrected chi connectivity index (χ2v) is 7.10. The Morgan fingerprint density at radius 2 is 2.04 bits per heavy atom. The topological polar surface area (TPSA) is 46.6 Å². The minimum Gasteiger partial charge on any atom is -0.469 e. The fourth-order valence-corrected chi connectivity index (χ4v) is 4.17. The third kappa shape index (κ3) is 2.84. The van der Waals surface area contributed by atoms with E-state index in [2.05, 4.69) is 0 Å². The number of likely N-dealkylation sites (tertiary alicyclic amines) is 1. The number of methoxy groups -OCH3 is 1. The second kappa shape index (κ2) is 6.15. The quantitative estimate of drug-likeness (QED) is 0.628. The molecule has 0 bridgehead atoms. The summed E-state index contributed by atoms with van der Waals surface area (Å²) in [6, 6.07) is 4.71. The molecule has 1 saturated heterocycles. The molecule has 23 heavy (non-hydrogen) atoms. The smallest absolute Gasteiger partial charge is 0.309 e. The van der Waals surface area contributed by atoms with Gasteiger partial charge < -0.3 is 9.64 Å². The van der Waals surface area contributed by atoms with E-state index in [-0.39, 0.29) is 28.8 Å². The predicted molar refractivity (Wildman–Crippen MR) is 85.9 cm³/mol. The van der Waals surface area contributed by atoms with Crippen molar-refractivity contribution in [1.29, 1.82) is 0 Å². The molecule has 3 rings (SSSR count). The van der Waals surface area contributed by atoms with Crippen molar-refractivity contribution in [3.05, 3.63) is 29.6 Å². The zero-order valence-electron chi connectivity index (χ0n) is 13.3. The lowest BCUT2D eigenvalue weighted by molar-refractivity contribution is -0.143. The van der Waals surface area contributed by atoms with Gasteiger partial charge in [0.15, 0.2) is 0 Å². The van der Waals surface area contributed by atoms with E-state index in [0.29, 0.717) is 18.0 Å². The van der Waals surface area contributed by atoms with Crippen molar-refractivity contribution < 1.29 is 18.7 Å². The number of halogens is 1. The molecule has 1 heterocycles. The fourth-order valence-electron chi connectivity index (χ4n) is 3.57. The van der Waals surface area contributed by atoms with Crippen LogP contribution in [0.3, 0.4) is 0 Å². The number of rotatable bonds is 3. The molecule has 0 N–H and O–H groups in total. The zero-order chi connectivity index (χ0) is 16.6. The lowest BCUT2D eigenvalue weighted by Crippen LogP contribution is -2.40. The summed E-state index contributed by atoms with van der Waals surface area (Å²) in [5.74, 6) is -0.901. The van der Waals surface area contributed by atoms with Crippen molar-refractivity contribution >= 4 is 23.6 Å². The molecular formula is C17H20FNO3S. The summed E-state index contributed by atoms with van der Waals surface area (Å²) in [4.78, 5) is 26.7. The monoisotopic (exact) mass is 337 g/mol. The Hall–Kier alpha value is -1.56. The molecule has 2 fully saturated rings. The highest BCUT2D eigenvalue weighted by atomic mass is 32.2. The molecule has 1 aliphatic carbocycles. The van der Waals surface area contributed by atoms with Crippen molar-refractivity contribution in [3.8, 4) is 0 Å². The van der Waals surface area contributed by atoms with Crippen molar-refractivity contribution in [2.45, 2.75) is 24.2 Å². The lowest BCUT2D eigenvalue weighted by Gasteiger charge is -2.33. The highest BCUT2D eigenvalue weighted by molar-refractivity contribution is 7.98. The van der Waals surface area contributed by atoms with E-state index in [0.717, 1.165) is 19.3 Å². The number of benzene rings is 1. The fraction of sp³-hybridized carbons (Fsp3) is 0.529. The number of amides is 1. The van der Waals surface area contributed by atoms with E-state index in [1.54, 1.807) is 17.0 Å². The van der Waals surface area contributed by atoms with Gasteiger partial charge in [-0.25, -0.2) is 4.39 Å². The maximum Gasteiger partial charge on any atom is 0.309 e. The standard InChI is InChI=1S/C17H20FNO3S/c1-22-16(21)11-10-17(11)6-8-19(9-7-17)15(20)14-12(18)4-3-5-13(14)23-2/h3-5,11H,6-10H2,1-2H3/t11-/m1/s1. The molecule has 0 radical (unpaired) electrons. The van der Waals surface area contributed by atoms with Gasteiger partial charge in [-0.05, 0) is 43.1 Å². The number of ether oxygens (including phenoxy) is 1. The molecule has 1 atom stereocenters. The SMILES string of the molecule is COC(=O)[C@H]1CC12CCN(C(=O)c1c(F)cccc1SC)CC2. The predicted octanol–water partition coefficient (Wildman–Crippen LogP) is 2.96. The number of carbonyl (C=O) groups is 2. The maximum atomic E-state index is 14.1. The van der Waals surface area contributed by atoms with Crippen LogP contribution in [0, 0.1) is 17.2 Å². The summed E-state index contributed by atoms with van der Waals surface area (Å²) in [6.45, 7) is 1.13. The molecule has 1 spiro atoms. The summed E-state index contributed by atoms with van der Waals surface area (Å²) in [5.41, 5.74) is 0.165. The van der Waals surface area contributed by atoms with E-state index in [1.165, 1.54) is 24.9 Å². The molecule has 1 aromatic rings. The first-order chi connectivity index (χ1) is 11.0. The summed E-state index contributed by atoms with van der Waals surface area (Å²) in [5, 5.41) is 0. The first-order valence-corrected chi connectivity index (χ1v) is 8.94.